The van der Waals surface area contributed by atoms with Gasteiger partial charge in [-0.25, -0.2) is 4.79 Å². The lowest BCUT2D eigenvalue weighted by molar-refractivity contribution is 0.0695. The van der Waals surface area contributed by atoms with Crippen LogP contribution in [0.3, 0.4) is 0 Å². The summed E-state index contributed by atoms with van der Waals surface area (Å²) in [5.41, 5.74) is 3.61. The lowest BCUT2D eigenvalue weighted by Gasteiger charge is -2.08. The molecule has 0 spiro atoms. The van der Waals surface area contributed by atoms with Gasteiger partial charge in [-0.2, -0.15) is 0 Å². The van der Waals surface area contributed by atoms with Gasteiger partial charge in [0.1, 0.15) is 17.1 Å². The maximum atomic E-state index is 10.9. The maximum absolute atomic E-state index is 10.9. The minimum Gasteiger partial charge on any atom is -0.478 e. The largest absolute Gasteiger partial charge is 0.478 e. The van der Waals surface area contributed by atoms with Crippen molar-refractivity contribution in [2.75, 3.05) is 5.32 Å². The highest BCUT2D eigenvalue weighted by molar-refractivity contribution is 5.88. The molecule has 0 saturated carbocycles. The number of carbonyl (C=O) groups is 1. The highest BCUT2D eigenvalue weighted by Gasteiger charge is 2.13. The Balaban J connectivity index is 2.10. The van der Waals surface area contributed by atoms with Crippen LogP contribution in [-0.4, -0.2) is 11.1 Å². The van der Waals surface area contributed by atoms with E-state index in [0.717, 1.165) is 11.3 Å². The molecule has 4 heteroatoms. The van der Waals surface area contributed by atoms with Crippen LogP contribution < -0.4 is 5.32 Å². The SMILES string of the molecule is Cc1ccc(NCc2cc(C(=O)O)c(C)o2)c(C)c1. The molecular formula is C15H17NO3. The second-order valence-corrected chi connectivity index (χ2v) is 4.66. The number of carboxylic acid groups (broad SMARTS) is 1. The number of nitrogens with one attached hydrogen (secondary N) is 1. The third-order valence-corrected chi connectivity index (χ3v) is 3.03. The molecule has 2 N–H and O–H groups in total. The maximum Gasteiger partial charge on any atom is 0.339 e. The first kappa shape index (κ1) is 13.2. The molecule has 0 unspecified atom stereocenters. The Labute approximate surface area is 112 Å². The summed E-state index contributed by atoms with van der Waals surface area (Å²) in [6.07, 6.45) is 0. The van der Waals surface area contributed by atoms with Crippen molar-refractivity contribution in [3.05, 3.63) is 52.5 Å². The highest BCUT2D eigenvalue weighted by Crippen LogP contribution is 2.19. The third kappa shape index (κ3) is 2.96. The Morgan fingerprint density at radius 3 is 2.58 bits per heavy atom. The summed E-state index contributed by atoms with van der Waals surface area (Å²) in [5, 5.41) is 12.2. The molecule has 1 aromatic carbocycles. The molecular weight excluding hydrogens is 242 g/mol. The van der Waals surface area contributed by atoms with Crippen molar-refractivity contribution in [1.82, 2.24) is 0 Å². The van der Waals surface area contributed by atoms with Gasteiger partial charge in [-0.1, -0.05) is 17.7 Å². The number of rotatable bonds is 4. The molecule has 1 heterocycles. The van der Waals surface area contributed by atoms with E-state index in [2.05, 4.69) is 11.4 Å². The van der Waals surface area contributed by atoms with Gasteiger partial charge in [-0.05, 0) is 38.5 Å². The minimum atomic E-state index is -0.959. The quantitative estimate of drug-likeness (QED) is 0.881. The van der Waals surface area contributed by atoms with Crippen LogP contribution >= 0.6 is 0 Å². The molecule has 0 radical (unpaired) electrons. The van der Waals surface area contributed by atoms with Crippen molar-refractivity contribution in [2.24, 2.45) is 0 Å². The monoisotopic (exact) mass is 259 g/mol. The summed E-state index contributed by atoms with van der Waals surface area (Å²) in [4.78, 5) is 10.9. The fourth-order valence-electron chi connectivity index (χ4n) is 2.04. The van der Waals surface area contributed by atoms with Gasteiger partial charge in [-0.15, -0.1) is 0 Å². The van der Waals surface area contributed by atoms with E-state index in [1.54, 1.807) is 13.0 Å². The first-order valence-electron chi connectivity index (χ1n) is 6.11. The van der Waals surface area contributed by atoms with Gasteiger partial charge in [0.2, 0.25) is 0 Å². The molecule has 2 rings (SSSR count). The van der Waals surface area contributed by atoms with Gasteiger partial charge < -0.3 is 14.8 Å². The number of hydrogen-bond acceptors (Lipinski definition) is 3. The number of anilines is 1. The lowest BCUT2D eigenvalue weighted by atomic mass is 10.1. The van der Waals surface area contributed by atoms with E-state index >= 15 is 0 Å². The molecule has 19 heavy (non-hydrogen) atoms. The number of aromatic carboxylic acids is 1. The predicted octanol–water partition coefficient (Wildman–Crippen LogP) is 3.52. The Kier molecular flexibility index (Phi) is 3.60. The molecule has 2 aromatic rings. The van der Waals surface area contributed by atoms with Gasteiger partial charge in [0, 0.05) is 5.69 Å². The van der Waals surface area contributed by atoms with E-state index < -0.39 is 5.97 Å². The third-order valence-electron chi connectivity index (χ3n) is 3.03. The lowest BCUT2D eigenvalue weighted by Crippen LogP contribution is -2.00. The van der Waals surface area contributed by atoms with E-state index in [1.807, 2.05) is 26.0 Å². The van der Waals surface area contributed by atoms with E-state index in [-0.39, 0.29) is 5.56 Å². The second-order valence-electron chi connectivity index (χ2n) is 4.66. The standard InChI is InChI=1S/C15H17NO3/c1-9-4-5-14(10(2)6-9)16-8-12-7-13(15(17)18)11(3)19-12/h4-7,16H,8H2,1-3H3,(H,17,18). The summed E-state index contributed by atoms with van der Waals surface area (Å²) >= 11 is 0. The molecule has 0 bridgehead atoms. The van der Waals surface area contributed by atoms with Crippen LogP contribution in [0.25, 0.3) is 0 Å². The zero-order valence-corrected chi connectivity index (χ0v) is 11.3. The zero-order valence-electron chi connectivity index (χ0n) is 11.3. The molecule has 0 fully saturated rings. The van der Waals surface area contributed by atoms with Crippen molar-refractivity contribution in [2.45, 2.75) is 27.3 Å². The Morgan fingerprint density at radius 1 is 1.26 bits per heavy atom. The molecule has 0 aliphatic carbocycles. The summed E-state index contributed by atoms with van der Waals surface area (Å²) in [7, 11) is 0. The molecule has 100 valence electrons. The topological polar surface area (TPSA) is 62.5 Å². The van der Waals surface area contributed by atoms with Crippen LogP contribution in [0.15, 0.2) is 28.7 Å². The summed E-state index contributed by atoms with van der Waals surface area (Å²) in [5.74, 6) is 0.0961. The van der Waals surface area contributed by atoms with Crippen molar-refractivity contribution < 1.29 is 14.3 Å². The van der Waals surface area contributed by atoms with Gasteiger partial charge in [-0.3, -0.25) is 0 Å². The zero-order chi connectivity index (χ0) is 14.0. The van der Waals surface area contributed by atoms with E-state index in [1.165, 1.54) is 5.56 Å². The minimum absolute atomic E-state index is 0.220. The predicted molar refractivity (Wildman–Crippen MR) is 73.6 cm³/mol. The van der Waals surface area contributed by atoms with Gasteiger partial charge in [0.25, 0.3) is 0 Å². The molecule has 0 saturated heterocycles. The van der Waals surface area contributed by atoms with Crippen LogP contribution in [0, 0.1) is 20.8 Å². The van der Waals surface area contributed by atoms with Crippen molar-refractivity contribution in [3.8, 4) is 0 Å². The first-order chi connectivity index (χ1) is 8.97. The van der Waals surface area contributed by atoms with Crippen LogP contribution in [0.1, 0.15) is 33.0 Å². The molecule has 0 atom stereocenters. The summed E-state index contributed by atoms with van der Waals surface area (Å²) < 4.78 is 5.42. The fraction of sp³-hybridized carbons (Fsp3) is 0.267. The molecule has 0 amide bonds. The van der Waals surface area contributed by atoms with E-state index in [0.29, 0.717) is 18.1 Å². The van der Waals surface area contributed by atoms with Crippen LogP contribution in [0.4, 0.5) is 5.69 Å². The van der Waals surface area contributed by atoms with Crippen molar-refractivity contribution in [3.63, 3.8) is 0 Å². The van der Waals surface area contributed by atoms with E-state index in [4.69, 9.17) is 9.52 Å². The molecule has 0 aliphatic rings. The fourth-order valence-corrected chi connectivity index (χ4v) is 2.04. The smallest absolute Gasteiger partial charge is 0.339 e. The summed E-state index contributed by atoms with van der Waals surface area (Å²) in [6.45, 7) is 6.21. The Hall–Kier alpha value is -2.23. The van der Waals surface area contributed by atoms with Crippen molar-refractivity contribution >= 4 is 11.7 Å². The normalized spacial score (nSPS) is 10.5. The van der Waals surface area contributed by atoms with Gasteiger partial charge in [0.15, 0.2) is 0 Å². The number of hydrogen-bond donors (Lipinski definition) is 2. The number of carboxylic acids is 1. The van der Waals surface area contributed by atoms with Crippen molar-refractivity contribution in [1.29, 1.82) is 0 Å². The second kappa shape index (κ2) is 5.18. The first-order valence-corrected chi connectivity index (χ1v) is 6.11. The highest BCUT2D eigenvalue weighted by atomic mass is 16.4. The van der Waals surface area contributed by atoms with Crippen LogP contribution in [0.5, 0.6) is 0 Å². The molecule has 0 aliphatic heterocycles. The number of benzene rings is 1. The molecule has 4 nitrogen and oxygen atoms in total. The Bertz CT molecular complexity index is 614. The molecule has 1 aromatic heterocycles. The Morgan fingerprint density at radius 2 is 2.00 bits per heavy atom. The van der Waals surface area contributed by atoms with Crippen LogP contribution in [-0.2, 0) is 6.54 Å². The number of furan rings is 1. The van der Waals surface area contributed by atoms with Gasteiger partial charge >= 0.3 is 5.97 Å². The van der Waals surface area contributed by atoms with Gasteiger partial charge in [0.05, 0.1) is 6.54 Å². The number of aryl methyl sites for hydroxylation is 3. The average Bonchev–Trinajstić information content (AvgIpc) is 2.69. The van der Waals surface area contributed by atoms with E-state index in [9.17, 15) is 4.79 Å². The van der Waals surface area contributed by atoms with Crippen LogP contribution in [0.2, 0.25) is 0 Å². The summed E-state index contributed by atoms with van der Waals surface area (Å²) in [6, 6.07) is 7.70. The average molecular weight is 259 g/mol.